The summed E-state index contributed by atoms with van der Waals surface area (Å²) in [6.07, 6.45) is 0.801. The van der Waals surface area contributed by atoms with Crippen LogP contribution in [0.5, 0.6) is 5.75 Å². The maximum absolute atomic E-state index is 12.6. The van der Waals surface area contributed by atoms with Gasteiger partial charge in [0.05, 0.1) is 7.11 Å². The molecule has 1 aromatic carbocycles. The molecule has 5 nitrogen and oxygen atoms in total. The number of hydrogen-bond donors (Lipinski definition) is 1. The summed E-state index contributed by atoms with van der Waals surface area (Å²) in [4.78, 5) is 0.168. The summed E-state index contributed by atoms with van der Waals surface area (Å²) in [5.41, 5.74) is 0. The molecule has 0 aromatic heterocycles. The average molecular weight is 305 g/mol. The third-order valence-corrected chi connectivity index (χ3v) is 5.22. The van der Waals surface area contributed by atoms with Gasteiger partial charge in [-0.1, -0.05) is 11.6 Å². The number of halogens is 1. The van der Waals surface area contributed by atoms with Crippen molar-refractivity contribution in [2.45, 2.75) is 11.3 Å². The highest BCUT2D eigenvalue weighted by Crippen LogP contribution is 2.29. The molecule has 1 aromatic rings. The normalized spacial score (nSPS) is 18.0. The van der Waals surface area contributed by atoms with Crippen molar-refractivity contribution in [3.05, 3.63) is 23.2 Å². The zero-order valence-electron chi connectivity index (χ0n) is 10.7. The minimum absolute atomic E-state index is 0.168. The first-order valence-electron chi connectivity index (χ1n) is 6.10. The van der Waals surface area contributed by atoms with Gasteiger partial charge in [0, 0.05) is 30.7 Å². The van der Waals surface area contributed by atoms with Crippen LogP contribution in [-0.2, 0) is 10.0 Å². The van der Waals surface area contributed by atoms with Gasteiger partial charge in [-0.25, -0.2) is 8.42 Å². The van der Waals surface area contributed by atoms with Gasteiger partial charge in [0.1, 0.15) is 10.6 Å². The van der Waals surface area contributed by atoms with E-state index in [2.05, 4.69) is 5.32 Å². The Hall–Kier alpha value is -0.820. The second-order valence-corrected chi connectivity index (χ2v) is 6.65. The molecule has 1 N–H and O–H groups in total. The highest BCUT2D eigenvalue weighted by Gasteiger charge is 2.28. The lowest BCUT2D eigenvalue weighted by atomic mass is 10.3. The molecule has 0 saturated carbocycles. The standard InChI is InChI=1S/C12H17ClN2O3S/c1-18-11-9-10(13)3-4-12(11)19(16,17)15-7-2-5-14-6-8-15/h3-4,9,14H,2,5-8H2,1H3. The first-order chi connectivity index (χ1) is 9.05. The van der Waals surface area contributed by atoms with Crippen LogP contribution in [0.3, 0.4) is 0 Å². The van der Waals surface area contributed by atoms with E-state index in [1.165, 1.54) is 23.5 Å². The van der Waals surface area contributed by atoms with Gasteiger partial charge in [-0.2, -0.15) is 4.31 Å². The topological polar surface area (TPSA) is 58.6 Å². The average Bonchev–Trinajstić information content (AvgIpc) is 2.67. The molecular formula is C12H17ClN2O3S. The number of methoxy groups -OCH3 is 1. The van der Waals surface area contributed by atoms with Crippen LogP contribution in [0.1, 0.15) is 6.42 Å². The van der Waals surface area contributed by atoms with Gasteiger partial charge in [0.15, 0.2) is 0 Å². The lowest BCUT2D eigenvalue weighted by Gasteiger charge is -2.21. The Kier molecular flexibility index (Phi) is 4.67. The molecule has 0 spiro atoms. The first kappa shape index (κ1) is 14.6. The van der Waals surface area contributed by atoms with Gasteiger partial charge >= 0.3 is 0 Å². The fourth-order valence-corrected chi connectivity index (χ4v) is 3.83. The van der Waals surface area contributed by atoms with E-state index in [0.717, 1.165) is 13.0 Å². The Bertz CT molecular complexity index is 540. The van der Waals surface area contributed by atoms with Crippen LogP contribution in [-0.4, -0.2) is 46.0 Å². The number of sulfonamides is 1. The van der Waals surface area contributed by atoms with E-state index >= 15 is 0 Å². The van der Waals surface area contributed by atoms with Crippen LogP contribution < -0.4 is 10.1 Å². The lowest BCUT2D eigenvalue weighted by Crippen LogP contribution is -2.34. The Labute approximate surface area is 118 Å². The minimum atomic E-state index is -3.54. The van der Waals surface area contributed by atoms with Crippen molar-refractivity contribution >= 4 is 21.6 Å². The molecule has 1 heterocycles. The number of rotatable bonds is 3. The number of hydrogen-bond acceptors (Lipinski definition) is 4. The molecule has 1 aliphatic heterocycles. The zero-order valence-corrected chi connectivity index (χ0v) is 12.3. The van der Waals surface area contributed by atoms with E-state index < -0.39 is 10.0 Å². The maximum Gasteiger partial charge on any atom is 0.246 e. The van der Waals surface area contributed by atoms with Gasteiger partial charge in [-0.15, -0.1) is 0 Å². The maximum atomic E-state index is 12.6. The second kappa shape index (κ2) is 6.09. The Morgan fingerprint density at radius 3 is 2.84 bits per heavy atom. The lowest BCUT2D eigenvalue weighted by molar-refractivity contribution is 0.393. The number of nitrogens with one attached hydrogen (secondary N) is 1. The third kappa shape index (κ3) is 3.20. The van der Waals surface area contributed by atoms with Crippen molar-refractivity contribution in [1.82, 2.24) is 9.62 Å². The Morgan fingerprint density at radius 1 is 1.32 bits per heavy atom. The summed E-state index contributed by atoms with van der Waals surface area (Å²) in [7, 11) is -2.10. The number of nitrogens with zero attached hydrogens (tertiary/aromatic N) is 1. The molecule has 1 aliphatic rings. The zero-order chi connectivity index (χ0) is 13.9. The van der Waals surface area contributed by atoms with Crippen molar-refractivity contribution in [2.24, 2.45) is 0 Å². The van der Waals surface area contributed by atoms with Crippen LogP contribution in [0.15, 0.2) is 23.1 Å². The monoisotopic (exact) mass is 304 g/mol. The summed E-state index contributed by atoms with van der Waals surface area (Å²) in [6, 6.07) is 4.58. The van der Waals surface area contributed by atoms with Gasteiger partial charge in [0.2, 0.25) is 10.0 Å². The van der Waals surface area contributed by atoms with E-state index in [-0.39, 0.29) is 10.6 Å². The quantitative estimate of drug-likeness (QED) is 0.915. The molecule has 1 fully saturated rings. The van der Waals surface area contributed by atoms with E-state index in [4.69, 9.17) is 16.3 Å². The molecule has 0 unspecified atom stereocenters. The Morgan fingerprint density at radius 2 is 2.11 bits per heavy atom. The number of benzene rings is 1. The van der Waals surface area contributed by atoms with Crippen molar-refractivity contribution in [2.75, 3.05) is 33.3 Å². The van der Waals surface area contributed by atoms with Crippen LogP contribution in [0, 0.1) is 0 Å². The molecule has 7 heteroatoms. The highest BCUT2D eigenvalue weighted by molar-refractivity contribution is 7.89. The predicted molar refractivity (Wildman–Crippen MR) is 74.2 cm³/mol. The fourth-order valence-electron chi connectivity index (χ4n) is 2.05. The van der Waals surface area contributed by atoms with Crippen LogP contribution >= 0.6 is 11.6 Å². The summed E-state index contributed by atoms with van der Waals surface area (Å²) >= 11 is 5.86. The van der Waals surface area contributed by atoms with Gasteiger partial charge < -0.3 is 10.1 Å². The molecule has 1 saturated heterocycles. The number of ether oxygens (including phenoxy) is 1. The summed E-state index contributed by atoms with van der Waals surface area (Å²) in [5.74, 6) is 0.282. The molecule has 0 amide bonds. The minimum Gasteiger partial charge on any atom is -0.495 e. The van der Waals surface area contributed by atoms with Crippen LogP contribution in [0.25, 0.3) is 0 Å². The van der Waals surface area contributed by atoms with Gasteiger partial charge in [0.25, 0.3) is 0 Å². The van der Waals surface area contributed by atoms with E-state index in [1.54, 1.807) is 6.07 Å². The molecule has 0 atom stereocenters. The largest absolute Gasteiger partial charge is 0.495 e. The molecular weight excluding hydrogens is 288 g/mol. The molecule has 0 radical (unpaired) electrons. The summed E-state index contributed by atoms with van der Waals surface area (Å²) in [6.45, 7) is 2.48. The van der Waals surface area contributed by atoms with E-state index in [9.17, 15) is 8.42 Å². The van der Waals surface area contributed by atoms with Gasteiger partial charge in [-0.05, 0) is 25.1 Å². The van der Waals surface area contributed by atoms with E-state index in [1.807, 2.05) is 0 Å². The summed E-state index contributed by atoms with van der Waals surface area (Å²) in [5, 5.41) is 3.63. The smallest absolute Gasteiger partial charge is 0.246 e. The fraction of sp³-hybridized carbons (Fsp3) is 0.500. The van der Waals surface area contributed by atoms with Crippen molar-refractivity contribution in [1.29, 1.82) is 0 Å². The van der Waals surface area contributed by atoms with Gasteiger partial charge in [-0.3, -0.25) is 0 Å². The Balaban J connectivity index is 2.38. The molecule has 0 bridgehead atoms. The van der Waals surface area contributed by atoms with Crippen LogP contribution in [0.4, 0.5) is 0 Å². The molecule has 19 heavy (non-hydrogen) atoms. The van der Waals surface area contributed by atoms with Crippen LogP contribution in [0.2, 0.25) is 5.02 Å². The summed E-state index contributed by atoms with van der Waals surface area (Å²) < 4.78 is 31.8. The second-order valence-electron chi connectivity index (χ2n) is 4.30. The van der Waals surface area contributed by atoms with Crippen molar-refractivity contribution < 1.29 is 13.2 Å². The molecule has 106 valence electrons. The SMILES string of the molecule is COc1cc(Cl)ccc1S(=O)(=O)N1CCCNCC1. The highest BCUT2D eigenvalue weighted by atomic mass is 35.5. The van der Waals surface area contributed by atoms with E-state index in [0.29, 0.717) is 24.7 Å². The predicted octanol–water partition coefficient (Wildman–Crippen LogP) is 1.33. The first-order valence-corrected chi connectivity index (χ1v) is 7.92. The third-order valence-electron chi connectivity index (χ3n) is 3.04. The molecule has 2 rings (SSSR count). The molecule has 0 aliphatic carbocycles. The van der Waals surface area contributed by atoms with Crippen molar-refractivity contribution in [3.8, 4) is 5.75 Å². The van der Waals surface area contributed by atoms with Crippen molar-refractivity contribution in [3.63, 3.8) is 0 Å².